The molecular weight excluding hydrogens is 370 g/mol. The summed E-state index contributed by atoms with van der Waals surface area (Å²) in [5, 5.41) is 2.86. The van der Waals surface area contributed by atoms with E-state index >= 15 is 0 Å². The summed E-state index contributed by atoms with van der Waals surface area (Å²) in [6.45, 7) is 5.40. The predicted molar refractivity (Wildman–Crippen MR) is 110 cm³/mol. The van der Waals surface area contributed by atoms with Crippen molar-refractivity contribution < 1.29 is 19.1 Å². The van der Waals surface area contributed by atoms with Crippen molar-refractivity contribution in [3.05, 3.63) is 47.7 Å². The van der Waals surface area contributed by atoms with Crippen molar-refractivity contribution in [1.82, 2.24) is 9.88 Å². The van der Waals surface area contributed by atoms with Gasteiger partial charge in [0, 0.05) is 30.8 Å². The maximum atomic E-state index is 12.9. The molecule has 2 amide bonds. The number of rotatable bonds is 6. The van der Waals surface area contributed by atoms with E-state index in [4.69, 9.17) is 9.47 Å². The van der Waals surface area contributed by atoms with E-state index in [0.717, 1.165) is 5.56 Å². The van der Waals surface area contributed by atoms with Gasteiger partial charge in [-0.3, -0.25) is 9.59 Å². The first-order valence-electron chi connectivity index (χ1n) is 9.85. The average Bonchev–Trinajstić information content (AvgIpc) is 2.75. The Hall–Kier alpha value is -3.09. The third-order valence-corrected chi connectivity index (χ3v) is 5.03. The lowest BCUT2D eigenvalue weighted by Crippen LogP contribution is -2.41. The third-order valence-electron chi connectivity index (χ3n) is 5.03. The Labute approximate surface area is 171 Å². The van der Waals surface area contributed by atoms with E-state index < -0.39 is 0 Å². The maximum absolute atomic E-state index is 12.9. The van der Waals surface area contributed by atoms with E-state index in [-0.39, 0.29) is 17.7 Å². The van der Waals surface area contributed by atoms with Crippen LogP contribution in [0.1, 0.15) is 35.7 Å². The molecule has 7 nitrogen and oxygen atoms in total. The molecule has 1 aliphatic heterocycles. The zero-order valence-corrected chi connectivity index (χ0v) is 17.1. The first-order valence-corrected chi connectivity index (χ1v) is 9.85. The van der Waals surface area contributed by atoms with Gasteiger partial charge in [0.1, 0.15) is 5.82 Å². The van der Waals surface area contributed by atoms with E-state index in [1.165, 1.54) is 0 Å². The number of nitrogens with one attached hydrogen (secondary N) is 1. The van der Waals surface area contributed by atoms with Crippen LogP contribution in [0.4, 0.5) is 5.82 Å². The molecule has 0 spiro atoms. The number of nitrogens with zero attached hydrogens (tertiary/aromatic N) is 2. The van der Waals surface area contributed by atoms with Crippen molar-refractivity contribution in [2.24, 2.45) is 5.92 Å². The second-order valence-electron chi connectivity index (χ2n) is 7.08. The number of carbonyl (C=O) groups is 2. The van der Waals surface area contributed by atoms with Crippen molar-refractivity contribution in [3.8, 4) is 11.5 Å². The maximum Gasteiger partial charge on any atom is 0.253 e. The largest absolute Gasteiger partial charge is 0.493 e. The molecule has 1 saturated heterocycles. The van der Waals surface area contributed by atoms with Crippen molar-refractivity contribution in [3.63, 3.8) is 0 Å². The molecule has 1 aromatic carbocycles. The number of ether oxygens (including phenoxy) is 2. The number of pyridine rings is 1. The van der Waals surface area contributed by atoms with Gasteiger partial charge in [0.05, 0.1) is 13.7 Å². The van der Waals surface area contributed by atoms with E-state index in [9.17, 15) is 9.59 Å². The molecule has 3 rings (SSSR count). The molecule has 154 valence electrons. The normalized spacial score (nSPS) is 14.4. The molecule has 0 saturated carbocycles. The molecule has 1 aliphatic rings. The lowest BCUT2D eigenvalue weighted by atomic mass is 9.95. The number of hydrogen-bond donors (Lipinski definition) is 1. The van der Waals surface area contributed by atoms with Gasteiger partial charge in [-0.25, -0.2) is 4.98 Å². The van der Waals surface area contributed by atoms with Gasteiger partial charge < -0.3 is 19.7 Å². The van der Waals surface area contributed by atoms with Gasteiger partial charge in [0.2, 0.25) is 5.91 Å². The zero-order valence-electron chi connectivity index (χ0n) is 17.1. The minimum absolute atomic E-state index is 0.0449. The molecule has 0 aliphatic carbocycles. The van der Waals surface area contributed by atoms with Crippen LogP contribution in [-0.2, 0) is 4.79 Å². The predicted octanol–water partition coefficient (Wildman–Crippen LogP) is 3.29. The Morgan fingerprint density at radius 3 is 2.55 bits per heavy atom. The van der Waals surface area contributed by atoms with Crippen LogP contribution < -0.4 is 14.8 Å². The zero-order chi connectivity index (χ0) is 20.8. The molecule has 1 fully saturated rings. The fourth-order valence-electron chi connectivity index (χ4n) is 3.38. The highest BCUT2D eigenvalue weighted by Crippen LogP contribution is 2.29. The van der Waals surface area contributed by atoms with Crippen molar-refractivity contribution in [2.75, 3.05) is 32.1 Å². The summed E-state index contributed by atoms with van der Waals surface area (Å²) >= 11 is 0. The summed E-state index contributed by atoms with van der Waals surface area (Å²) in [5.74, 6) is 1.48. The summed E-state index contributed by atoms with van der Waals surface area (Å²) in [5.41, 5.74) is 1.60. The van der Waals surface area contributed by atoms with Crippen LogP contribution in [0.3, 0.4) is 0 Å². The Balaban J connectivity index is 1.58. The minimum Gasteiger partial charge on any atom is -0.493 e. The molecule has 1 N–H and O–H groups in total. The minimum atomic E-state index is -0.128. The third kappa shape index (κ3) is 5.04. The highest BCUT2D eigenvalue weighted by molar-refractivity contribution is 5.95. The van der Waals surface area contributed by atoms with Crippen LogP contribution >= 0.6 is 0 Å². The fraction of sp³-hybridized carbons (Fsp3) is 0.409. The monoisotopic (exact) mass is 397 g/mol. The van der Waals surface area contributed by atoms with Crippen LogP contribution in [0.2, 0.25) is 0 Å². The highest BCUT2D eigenvalue weighted by atomic mass is 16.5. The summed E-state index contributed by atoms with van der Waals surface area (Å²) in [6, 6.07) is 8.91. The van der Waals surface area contributed by atoms with Gasteiger partial charge in [-0.05, 0) is 56.5 Å². The second-order valence-corrected chi connectivity index (χ2v) is 7.08. The molecule has 0 radical (unpaired) electrons. The number of piperidine rings is 1. The quantitative estimate of drug-likeness (QED) is 0.809. The van der Waals surface area contributed by atoms with E-state index in [0.29, 0.717) is 55.4 Å². The standard InChI is InChI=1S/C22H27N3O4/c1-4-29-19-13-17(6-7-18(19)28-3)22(27)25-11-9-16(10-12-25)21(26)24-20-8-5-15(2)14-23-20/h5-8,13-14,16H,4,9-12H2,1-3H3,(H,23,24,26). The smallest absolute Gasteiger partial charge is 0.253 e. The number of hydrogen-bond acceptors (Lipinski definition) is 5. The van der Waals surface area contributed by atoms with Gasteiger partial charge in [-0.15, -0.1) is 0 Å². The van der Waals surface area contributed by atoms with Crippen LogP contribution in [-0.4, -0.2) is 48.5 Å². The Morgan fingerprint density at radius 2 is 1.93 bits per heavy atom. The first-order chi connectivity index (χ1) is 14.0. The number of anilines is 1. The number of benzene rings is 1. The van der Waals surface area contributed by atoms with Gasteiger partial charge in [-0.2, -0.15) is 0 Å². The number of methoxy groups -OCH3 is 1. The molecule has 1 aromatic heterocycles. The fourth-order valence-corrected chi connectivity index (χ4v) is 3.38. The molecule has 29 heavy (non-hydrogen) atoms. The Kier molecular flexibility index (Phi) is 6.69. The molecule has 0 atom stereocenters. The number of amides is 2. The van der Waals surface area contributed by atoms with Crippen LogP contribution in [0, 0.1) is 12.8 Å². The van der Waals surface area contributed by atoms with E-state index in [2.05, 4.69) is 10.3 Å². The van der Waals surface area contributed by atoms with Crippen LogP contribution in [0.25, 0.3) is 0 Å². The topological polar surface area (TPSA) is 80.8 Å². The van der Waals surface area contributed by atoms with E-state index in [1.54, 1.807) is 42.5 Å². The summed E-state index contributed by atoms with van der Waals surface area (Å²) in [6.07, 6.45) is 2.97. The highest BCUT2D eigenvalue weighted by Gasteiger charge is 2.28. The van der Waals surface area contributed by atoms with Gasteiger partial charge >= 0.3 is 0 Å². The van der Waals surface area contributed by atoms with Crippen molar-refractivity contribution in [1.29, 1.82) is 0 Å². The molecule has 2 heterocycles. The number of aryl methyl sites for hydroxylation is 1. The molecule has 0 unspecified atom stereocenters. The van der Waals surface area contributed by atoms with Gasteiger partial charge in [0.15, 0.2) is 11.5 Å². The molecule has 0 bridgehead atoms. The SMILES string of the molecule is CCOc1cc(C(=O)N2CCC(C(=O)Nc3ccc(C)cn3)CC2)ccc1OC. The van der Waals surface area contributed by atoms with E-state index in [1.807, 2.05) is 19.9 Å². The van der Waals surface area contributed by atoms with Gasteiger partial charge in [0.25, 0.3) is 5.91 Å². The molecular formula is C22H27N3O4. The molecule has 2 aromatic rings. The van der Waals surface area contributed by atoms with Crippen LogP contribution in [0.15, 0.2) is 36.5 Å². The summed E-state index contributed by atoms with van der Waals surface area (Å²) in [7, 11) is 1.57. The Bertz CT molecular complexity index is 859. The average molecular weight is 397 g/mol. The second kappa shape index (κ2) is 9.41. The number of aromatic nitrogens is 1. The lowest BCUT2D eigenvalue weighted by molar-refractivity contribution is -0.121. The lowest BCUT2D eigenvalue weighted by Gasteiger charge is -2.31. The first kappa shape index (κ1) is 20.6. The number of likely N-dealkylation sites (tertiary alicyclic amines) is 1. The summed E-state index contributed by atoms with van der Waals surface area (Å²) < 4.78 is 10.8. The number of carbonyl (C=O) groups excluding carboxylic acids is 2. The van der Waals surface area contributed by atoms with Crippen molar-refractivity contribution in [2.45, 2.75) is 26.7 Å². The summed E-state index contributed by atoms with van der Waals surface area (Å²) in [4.78, 5) is 31.4. The Morgan fingerprint density at radius 1 is 1.17 bits per heavy atom. The van der Waals surface area contributed by atoms with Crippen molar-refractivity contribution >= 4 is 17.6 Å². The van der Waals surface area contributed by atoms with Crippen LogP contribution in [0.5, 0.6) is 11.5 Å². The van der Waals surface area contributed by atoms with Gasteiger partial charge in [-0.1, -0.05) is 6.07 Å². The molecule has 7 heteroatoms.